The van der Waals surface area contributed by atoms with Crippen molar-refractivity contribution in [3.8, 4) is 0 Å². The van der Waals surface area contributed by atoms with Gasteiger partial charge in [-0.1, -0.05) is 48.5 Å². The zero-order chi connectivity index (χ0) is 25.2. The van der Waals surface area contributed by atoms with Crippen LogP contribution < -0.4 is 10.2 Å². The third kappa shape index (κ3) is 6.23. The highest BCUT2D eigenvalue weighted by molar-refractivity contribution is 8.21. The minimum absolute atomic E-state index is 0.906. The molecule has 3 aromatic rings. The van der Waals surface area contributed by atoms with Crippen molar-refractivity contribution in [2.75, 3.05) is 36.6 Å². The summed E-state index contributed by atoms with van der Waals surface area (Å²) in [6, 6.07) is 16.3. The van der Waals surface area contributed by atoms with Crippen molar-refractivity contribution in [2.45, 2.75) is 25.7 Å². The van der Waals surface area contributed by atoms with Crippen LogP contribution in [-0.2, 0) is 9.47 Å². The van der Waals surface area contributed by atoms with E-state index in [2.05, 4.69) is 48.0 Å². The van der Waals surface area contributed by atoms with Crippen molar-refractivity contribution in [3.63, 3.8) is 0 Å². The topological polar surface area (TPSA) is 79.6 Å². The molecule has 7 nitrogen and oxygen atoms in total. The van der Waals surface area contributed by atoms with Crippen LogP contribution in [-0.4, -0.2) is 26.4 Å². The summed E-state index contributed by atoms with van der Waals surface area (Å²) in [6.07, 6.45) is 5.11. The molecule has 0 amide bonds. The van der Waals surface area contributed by atoms with E-state index in [1.165, 1.54) is 25.7 Å². The highest BCUT2D eigenvalue weighted by Gasteiger charge is 2.39. The van der Waals surface area contributed by atoms with Crippen LogP contribution >= 0.6 is 64.3 Å². The van der Waals surface area contributed by atoms with Crippen LogP contribution in [0.1, 0.15) is 25.7 Å². The third-order valence-electron chi connectivity index (χ3n) is 5.81. The number of rotatable bonds is 0. The zero-order valence-corrected chi connectivity index (χ0v) is 25.0. The molecule has 0 radical (unpaired) electrons. The lowest BCUT2D eigenvalue weighted by molar-refractivity contribution is 0.198. The van der Waals surface area contributed by atoms with E-state index in [0.717, 1.165) is 59.3 Å². The summed E-state index contributed by atoms with van der Waals surface area (Å²) in [5.74, 6) is -6.02. The Bertz CT molecular complexity index is 1350. The van der Waals surface area contributed by atoms with Crippen LogP contribution in [0.4, 0.5) is 11.4 Å². The molecule has 4 aliphatic heterocycles. The minimum atomic E-state index is -3.01. The molecule has 7 rings (SSSR count). The van der Waals surface area contributed by atoms with Gasteiger partial charge in [0.2, 0.25) is 0 Å². The molecule has 0 saturated carbocycles. The fourth-order valence-electron chi connectivity index (χ4n) is 4.32. The largest absolute Gasteiger partial charge is 0.381 e. The molecule has 0 aromatic heterocycles. The SMILES string of the molecule is C1CCOC1.C1CCOC1.ClP1(Cl)=NP(Cl)(Cl)=NP2(=N1)Nc1c(c3ccccc3c3ccccc13)N2. The Balaban J connectivity index is 0.000000222. The molecule has 0 atom stereocenters. The molecule has 194 valence electrons. The van der Waals surface area contributed by atoms with Crippen molar-refractivity contribution in [1.29, 1.82) is 0 Å². The second kappa shape index (κ2) is 11.3. The van der Waals surface area contributed by atoms with Crippen molar-refractivity contribution in [2.24, 2.45) is 13.5 Å². The van der Waals surface area contributed by atoms with Crippen LogP contribution in [0, 0.1) is 0 Å². The van der Waals surface area contributed by atoms with Gasteiger partial charge in [-0.25, -0.2) is 0 Å². The molecule has 36 heavy (non-hydrogen) atoms. The van der Waals surface area contributed by atoms with E-state index >= 15 is 0 Å². The number of hydrogen-bond acceptors (Lipinski definition) is 7. The molecule has 14 heteroatoms. The van der Waals surface area contributed by atoms with Crippen LogP contribution in [0.15, 0.2) is 62.1 Å². The summed E-state index contributed by atoms with van der Waals surface area (Å²) in [6.45, 7) is 4.00. The molecule has 2 N–H and O–H groups in total. The monoisotopic (exact) mass is 625 g/mol. The maximum atomic E-state index is 6.30. The predicted octanol–water partition coefficient (Wildman–Crippen LogP) is 11.2. The van der Waals surface area contributed by atoms with Crippen molar-refractivity contribution in [1.82, 2.24) is 0 Å². The second-order valence-electron chi connectivity index (χ2n) is 8.48. The lowest BCUT2D eigenvalue weighted by Gasteiger charge is -2.23. The number of ether oxygens (including phenoxy) is 2. The Morgan fingerprint density at radius 1 is 0.556 bits per heavy atom. The lowest BCUT2D eigenvalue weighted by Crippen LogP contribution is -1.94. The van der Waals surface area contributed by atoms with Gasteiger partial charge in [-0.3, -0.25) is 0 Å². The first-order valence-electron chi connectivity index (χ1n) is 11.6. The first kappa shape index (κ1) is 27.1. The van der Waals surface area contributed by atoms with E-state index in [1.807, 2.05) is 24.3 Å². The van der Waals surface area contributed by atoms with Gasteiger partial charge in [0, 0.05) is 37.2 Å². The predicted molar refractivity (Wildman–Crippen MR) is 160 cm³/mol. The van der Waals surface area contributed by atoms with Crippen LogP contribution in [0.5, 0.6) is 0 Å². The second-order valence-corrected chi connectivity index (χ2v) is 20.8. The van der Waals surface area contributed by atoms with Gasteiger partial charge in [0.05, 0.1) is 11.4 Å². The number of halogens is 4. The first-order valence-corrected chi connectivity index (χ1v) is 20.3. The number of hydrogen-bond donors (Lipinski definition) is 2. The fourth-order valence-corrected chi connectivity index (χ4v) is 19.4. The van der Waals surface area contributed by atoms with E-state index in [4.69, 9.17) is 54.4 Å². The Labute approximate surface area is 230 Å². The maximum absolute atomic E-state index is 6.30. The van der Waals surface area contributed by atoms with Gasteiger partial charge in [0.1, 0.15) is 0 Å². The van der Waals surface area contributed by atoms with Gasteiger partial charge >= 0.3 is 0 Å². The third-order valence-corrected chi connectivity index (χ3v) is 17.3. The molecule has 2 saturated heterocycles. The Morgan fingerprint density at radius 2 is 0.944 bits per heavy atom. The molecular formula is C22H26Cl4N5O2P3. The molecule has 0 unspecified atom stereocenters. The van der Waals surface area contributed by atoms with Gasteiger partial charge in [-0.05, 0) is 81.4 Å². The van der Waals surface area contributed by atoms with E-state index < -0.39 is 19.3 Å². The lowest BCUT2D eigenvalue weighted by atomic mass is 9.99. The number of nitrogens with one attached hydrogen (secondary N) is 2. The van der Waals surface area contributed by atoms with Crippen LogP contribution in [0.2, 0.25) is 0 Å². The molecule has 4 heterocycles. The standard InChI is InChI=1S/C14H10Cl4N5P3.2C4H8O/c15-24(16)21-25(17,18)23-26(22-24)19-13-11-7-3-1-5-9(11)10-6-2-4-8-12(10)14(13)20-26;2*1-2-4-5-3-1/h1-8,19-20H;2*1-4H2. The number of nitrogens with zero attached hydrogens (tertiary/aromatic N) is 3. The number of benzene rings is 3. The Kier molecular flexibility index (Phi) is 8.55. The summed E-state index contributed by atoms with van der Waals surface area (Å²) in [5.41, 5.74) is 1.81. The molecule has 4 aliphatic rings. The number of fused-ring (bicyclic) bond motifs is 6. The highest BCUT2D eigenvalue weighted by atomic mass is 35.9. The molecular weight excluding hydrogens is 601 g/mol. The molecule has 0 aliphatic carbocycles. The Morgan fingerprint density at radius 3 is 1.31 bits per heavy atom. The van der Waals surface area contributed by atoms with Gasteiger partial charge in [-0.15, -0.1) is 0 Å². The van der Waals surface area contributed by atoms with Crippen molar-refractivity contribution >= 4 is 97.2 Å². The van der Waals surface area contributed by atoms with Crippen LogP contribution in [0.25, 0.3) is 21.5 Å². The molecule has 0 bridgehead atoms. The summed E-state index contributed by atoms with van der Waals surface area (Å²) in [4.78, 5) is 0. The molecule has 2 fully saturated rings. The fraction of sp³-hybridized carbons (Fsp3) is 0.364. The van der Waals surface area contributed by atoms with Gasteiger partial charge in [0.15, 0.2) is 0 Å². The normalized spacial score (nSPS) is 22.0. The quantitative estimate of drug-likeness (QED) is 0.192. The first-order chi connectivity index (χ1) is 17.3. The molecule has 1 spiro atoms. The summed E-state index contributed by atoms with van der Waals surface area (Å²) in [7, 11) is -2.75. The average molecular weight is 627 g/mol. The van der Waals surface area contributed by atoms with E-state index in [9.17, 15) is 0 Å². The highest BCUT2D eigenvalue weighted by Crippen LogP contribution is 2.85. The summed E-state index contributed by atoms with van der Waals surface area (Å²) >= 11 is 25.2. The van der Waals surface area contributed by atoms with E-state index in [0.29, 0.717) is 0 Å². The van der Waals surface area contributed by atoms with Gasteiger partial charge in [-0.2, -0.15) is 13.5 Å². The van der Waals surface area contributed by atoms with Gasteiger partial charge in [0.25, 0.3) is 19.3 Å². The average Bonchev–Trinajstić information content (AvgIpc) is 3.61. The van der Waals surface area contributed by atoms with Crippen LogP contribution in [0.3, 0.4) is 0 Å². The maximum Gasteiger partial charge on any atom is 0.266 e. The zero-order valence-electron chi connectivity index (χ0n) is 19.3. The Hall–Kier alpha value is -0.450. The summed E-state index contributed by atoms with van der Waals surface area (Å²) in [5, 5.41) is 11.2. The summed E-state index contributed by atoms with van der Waals surface area (Å²) < 4.78 is 23.0. The smallest absolute Gasteiger partial charge is 0.266 e. The minimum Gasteiger partial charge on any atom is -0.381 e. The van der Waals surface area contributed by atoms with E-state index in [1.54, 1.807) is 0 Å². The van der Waals surface area contributed by atoms with E-state index in [-0.39, 0.29) is 0 Å². The molecule has 3 aromatic carbocycles. The van der Waals surface area contributed by atoms with Crippen molar-refractivity contribution < 1.29 is 9.47 Å². The number of anilines is 2. The van der Waals surface area contributed by atoms with Crippen molar-refractivity contribution in [3.05, 3.63) is 48.5 Å². The van der Waals surface area contributed by atoms with Gasteiger partial charge < -0.3 is 19.6 Å².